The van der Waals surface area contributed by atoms with Crippen molar-refractivity contribution in [3.8, 4) is 0 Å². The van der Waals surface area contributed by atoms with Gasteiger partial charge in [-0.15, -0.1) is 0 Å². The van der Waals surface area contributed by atoms with Crippen molar-refractivity contribution in [2.45, 2.75) is 19.4 Å². The molecule has 0 saturated heterocycles. The molecule has 1 N–H and O–H groups in total. The Morgan fingerprint density at radius 2 is 2.16 bits per heavy atom. The SMILES string of the molecule is COCCCN(CCC(=O)NCc1ccccn1)C(=O)c1ccoc1. The zero-order valence-electron chi connectivity index (χ0n) is 14.3. The van der Waals surface area contributed by atoms with Crippen molar-refractivity contribution in [3.63, 3.8) is 0 Å². The van der Waals surface area contributed by atoms with Crippen LogP contribution in [0, 0.1) is 0 Å². The zero-order valence-corrected chi connectivity index (χ0v) is 14.3. The maximum atomic E-state index is 12.5. The van der Waals surface area contributed by atoms with E-state index in [1.165, 1.54) is 12.5 Å². The lowest BCUT2D eigenvalue weighted by molar-refractivity contribution is -0.121. The number of nitrogens with zero attached hydrogens (tertiary/aromatic N) is 2. The highest BCUT2D eigenvalue weighted by atomic mass is 16.5. The Morgan fingerprint density at radius 3 is 2.84 bits per heavy atom. The first-order chi connectivity index (χ1) is 12.2. The zero-order chi connectivity index (χ0) is 17.9. The summed E-state index contributed by atoms with van der Waals surface area (Å²) in [6, 6.07) is 7.16. The molecule has 0 bridgehead atoms. The Hall–Kier alpha value is -2.67. The van der Waals surface area contributed by atoms with Crippen molar-refractivity contribution >= 4 is 11.8 Å². The number of hydrogen-bond acceptors (Lipinski definition) is 5. The average Bonchev–Trinajstić information content (AvgIpc) is 3.18. The molecular formula is C18H23N3O4. The highest BCUT2D eigenvalue weighted by Crippen LogP contribution is 2.07. The lowest BCUT2D eigenvalue weighted by Gasteiger charge is -2.21. The van der Waals surface area contributed by atoms with Gasteiger partial charge in [0, 0.05) is 39.4 Å². The standard InChI is InChI=1S/C18H23N3O4/c1-24-11-4-9-21(18(23)15-7-12-25-14-15)10-6-17(22)20-13-16-5-2-3-8-19-16/h2-3,5,7-8,12,14H,4,6,9-11,13H2,1H3,(H,20,22). The normalized spacial score (nSPS) is 10.4. The van der Waals surface area contributed by atoms with E-state index in [0.717, 1.165) is 5.69 Å². The summed E-state index contributed by atoms with van der Waals surface area (Å²) in [4.78, 5) is 30.3. The van der Waals surface area contributed by atoms with Crippen LogP contribution in [0.1, 0.15) is 28.9 Å². The van der Waals surface area contributed by atoms with Gasteiger partial charge in [-0.2, -0.15) is 0 Å². The van der Waals surface area contributed by atoms with Crippen molar-refractivity contribution in [3.05, 3.63) is 54.2 Å². The van der Waals surface area contributed by atoms with Crippen molar-refractivity contribution in [2.24, 2.45) is 0 Å². The maximum Gasteiger partial charge on any atom is 0.257 e. The number of nitrogens with one attached hydrogen (secondary N) is 1. The Kier molecular flexibility index (Phi) is 7.65. The van der Waals surface area contributed by atoms with Crippen molar-refractivity contribution < 1.29 is 18.7 Å². The molecule has 0 fully saturated rings. The van der Waals surface area contributed by atoms with Crippen molar-refractivity contribution in [2.75, 3.05) is 26.8 Å². The van der Waals surface area contributed by atoms with Crippen molar-refractivity contribution in [1.29, 1.82) is 0 Å². The number of amides is 2. The van der Waals surface area contributed by atoms with Gasteiger partial charge >= 0.3 is 0 Å². The second kappa shape index (κ2) is 10.2. The van der Waals surface area contributed by atoms with E-state index < -0.39 is 0 Å². The van der Waals surface area contributed by atoms with Gasteiger partial charge in [-0.3, -0.25) is 14.6 Å². The van der Waals surface area contributed by atoms with Crippen LogP contribution in [0.2, 0.25) is 0 Å². The van der Waals surface area contributed by atoms with Gasteiger partial charge in [0.15, 0.2) is 0 Å². The number of ether oxygens (including phenoxy) is 1. The van der Waals surface area contributed by atoms with E-state index in [9.17, 15) is 9.59 Å². The molecule has 7 nitrogen and oxygen atoms in total. The molecule has 2 aromatic heterocycles. The molecule has 0 saturated carbocycles. The molecule has 7 heteroatoms. The summed E-state index contributed by atoms with van der Waals surface area (Å²) < 4.78 is 10.00. The lowest BCUT2D eigenvalue weighted by atomic mass is 10.2. The highest BCUT2D eigenvalue weighted by Gasteiger charge is 2.17. The topological polar surface area (TPSA) is 84.7 Å². The number of hydrogen-bond donors (Lipinski definition) is 1. The number of carbonyl (C=O) groups is 2. The molecule has 0 unspecified atom stereocenters. The molecule has 2 aromatic rings. The van der Waals surface area contributed by atoms with Gasteiger partial charge in [0.2, 0.25) is 5.91 Å². The fraction of sp³-hybridized carbons (Fsp3) is 0.389. The third-order valence-corrected chi connectivity index (χ3v) is 3.63. The van der Waals surface area contributed by atoms with Gasteiger partial charge in [0.05, 0.1) is 24.1 Å². The molecule has 0 aromatic carbocycles. The smallest absolute Gasteiger partial charge is 0.257 e. The summed E-state index contributed by atoms with van der Waals surface area (Å²) in [5, 5.41) is 2.81. The molecule has 0 aliphatic heterocycles. The lowest BCUT2D eigenvalue weighted by Crippen LogP contribution is -2.36. The van der Waals surface area contributed by atoms with E-state index >= 15 is 0 Å². The Bertz CT molecular complexity index is 644. The number of carbonyl (C=O) groups excluding carboxylic acids is 2. The quantitative estimate of drug-likeness (QED) is 0.665. The first-order valence-electron chi connectivity index (χ1n) is 8.17. The first kappa shape index (κ1) is 18.7. The molecule has 25 heavy (non-hydrogen) atoms. The summed E-state index contributed by atoms with van der Waals surface area (Å²) in [7, 11) is 1.62. The summed E-state index contributed by atoms with van der Waals surface area (Å²) in [5.74, 6) is -0.273. The van der Waals surface area contributed by atoms with Gasteiger partial charge in [0.25, 0.3) is 5.91 Å². The number of methoxy groups -OCH3 is 1. The van der Waals surface area contributed by atoms with Crippen LogP contribution in [0.4, 0.5) is 0 Å². The van der Waals surface area contributed by atoms with E-state index in [0.29, 0.717) is 38.2 Å². The molecule has 0 aliphatic rings. The minimum absolute atomic E-state index is 0.123. The summed E-state index contributed by atoms with van der Waals surface area (Å²) in [5.41, 5.74) is 1.27. The minimum atomic E-state index is -0.151. The molecule has 134 valence electrons. The number of furan rings is 1. The Balaban J connectivity index is 1.83. The van der Waals surface area contributed by atoms with Crippen LogP contribution in [-0.4, -0.2) is 48.5 Å². The molecular weight excluding hydrogens is 322 g/mol. The number of aromatic nitrogens is 1. The van der Waals surface area contributed by atoms with Gasteiger partial charge in [0.1, 0.15) is 6.26 Å². The second-order valence-corrected chi connectivity index (χ2v) is 5.50. The van der Waals surface area contributed by atoms with E-state index in [1.54, 1.807) is 24.3 Å². The van der Waals surface area contributed by atoms with E-state index in [2.05, 4.69) is 10.3 Å². The molecule has 0 radical (unpaired) electrons. The molecule has 2 rings (SSSR count). The highest BCUT2D eigenvalue weighted by molar-refractivity contribution is 5.94. The fourth-order valence-electron chi connectivity index (χ4n) is 2.30. The van der Waals surface area contributed by atoms with Crippen LogP contribution in [0.3, 0.4) is 0 Å². The number of rotatable bonds is 10. The van der Waals surface area contributed by atoms with Crippen molar-refractivity contribution in [1.82, 2.24) is 15.2 Å². The predicted octanol–water partition coefficient (Wildman–Crippen LogP) is 1.86. The maximum absolute atomic E-state index is 12.5. The molecule has 0 aliphatic carbocycles. The van der Waals surface area contributed by atoms with Gasteiger partial charge in [-0.1, -0.05) is 6.07 Å². The Morgan fingerprint density at radius 1 is 1.28 bits per heavy atom. The molecule has 0 atom stereocenters. The second-order valence-electron chi connectivity index (χ2n) is 5.50. The first-order valence-corrected chi connectivity index (χ1v) is 8.17. The molecule has 0 spiro atoms. The molecule has 2 heterocycles. The van der Waals surface area contributed by atoms with E-state index in [-0.39, 0.29) is 18.2 Å². The predicted molar refractivity (Wildman–Crippen MR) is 91.8 cm³/mol. The van der Waals surface area contributed by atoms with E-state index in [4.69, 9.17) is 9.15 Å². The average molecular weight is 345 g/mol. The Labute approximate surface area is 147 Å². The van der Waals surface area contributed by atoms with E-state index in [1.807, 2.05) is 18.2 Å². The van der Waals surface area contributed by atoms with Gasteiger partial charge in [-0.05, 0) is 24.6 Å². The third kappa shape index (κ3) is 6.39. The third-order valence-electron chi connectivity index (χ3n) is 3.63. The summed E-state index contributed by atoms with van der Waals surface area (Å²) in [6.07, 6.45) is 5.48. The summed E-state index contributed by atoms with van der Waals surface area (Å²) in [6.45, 7) is 1.78. The van der Waals surface area contributed by atoms with Gasteiger partial charge < -0.3 is 19.4 Å². The van der Waals surface area contributed by atoms with Crippen LogP contribution >= 0.6 is 0 Å². The number of pyridine rings is 1. The molecule has 2 amide bonds. The van der Waals surface area contributed by atoms with Crippen LogP contribution in [0.15, 0.2) is 47.4 Å². The van der Waals surface area contributed by atoms with Crippen LogP contribution < -0.4 is 5.32 Å². The van der Waals surface area contributed by atoms with Crippen LogP contribution in [0.5, 0.6) is 0 Å². The van der Waals surface area contributed by atoms with Crippen LogP contribution in [-0.2, 0) is 16.1 Å². The minimum Gasteiger partial charge on any atom is -0.472 e. The van der Waals surface area contributed by atoms with Gasteiger partial charge in [-0.25, -0.2) is 0 Å². The summed E-state index contributed by atoms with van der Waals surface area (Å²) >= 11 is 0. The fourth-order valence-corrected chi connectivity index (χ4v) is 2.30. The van der Waals surface area contributed by atoms with Crippen LogP contribution in [0.25, 0.3) is 0 Å². The largest absolute Gasteiger partial charge is 0.472 e. The monoisotopic (exact) mass is 345 g/mol.